The van der Waals surface area contributed by atoms with E-state index in [2.05, 4.69) is 54.1 Å². The lowest BCUT2D eigenvalue weighted by Crippen LogP contribution is -2.39. The molecule has 0 fully saturated rings. The molecule has 0 N–H and O–H groups in total. The van der Waals surface area contributed by atoms with Gasteiger partial charge in [0.1, 0.15) is 11.3 Å². The van der Waals surface area contributed by atoms with Gasteiger partial charge in [-0.1, -0.05) is 60.2 Å². The summed E-state index contributed by atoms with van der Waals surface area (Å²) in [5.41, 5.74) is 3.42. The van der Waals surface area contributed by atoms with Gasteiger partial charge in [0.25, 0.3) is 0 Å². The number of carbonyl (C=O) groups is 1. The Bertz CT molecular complexity index is 1570. The van der Waals surface area contributed by atoms with Crippen LogP contribution in [0.2, 0.25) is 0 Å². The Kier molecular flexibility index (Phi) is 7.48. The highest BCUT2D eigenvalue weighted by atomic mass is 32.1. The SMILES string of the molecule is Cc1ccc(CC(C)CN(C(=O)OC(C)(C)C)c2nc(-c3cnco3)c(-c3ccc4cnccc4c3)s2)cc1. The second-order valence-electron chi connectivity index (χ2n) is 10.9. The smallest absolute Gasteiger partial charge is 0.416 e. The van der Waals surface area contributed by atoms with Crippen molar-refractivity contribution in [3.8, 4) is 21.9 Å². The number of hydrogen-bond donors (Lipinski definition) is 0. The maximum absolute atomic E-state index is 13.5. The lowest BCUT2D eigenvalue weighted by atomic mass is 10.00. The zero-order valence-electron chi connectivity index (χ0n) is 22.8. The molecule has 39 heavy (non-hydrogen) atoms. The summed E-state index contributed by atoms with van der Waals surface area (Å²) in [5, 5.41) is 2.67. The summed E-state index contributed by atoms with van der Waals surface area (Å²) in [4.78, 5) is 29.3. The second-order valence-corrected chi connectivity index (χ2v) is 11.8. The van der Waals surface area contributed by atoms with Crippen LogP contribution in [0.5, 0.6) is 0 Å². The fourth-order valence-corrected chi connectivity index (χ4v) is 5.46. The molecule has 0 radical (unpaired) electrons. The Morgan fingerprint density at radius 3 is 2.56 bits per heavy atom. The van der Waals surface area contributed by atoms with Crippen LogP contribution in [0, 0.1) is 12.8 Å². The number of pyridine rings is 1. The van der Waals surface area contributed by atoms with Crippen molar-refractivity contribution in [1.82, 2.24) is 15.0 Å². The van der Waals surface area contributed by atoms with Crippen LogP contribution in [0.15, 0.2) is 77.9 Å². The summed E-state index contributed by atoms with van der Waals surface area (Å²) in [6, 6.07) is 16.7. The van der Waals surface area contributed by atoms with Gasteiger partial charge in [0.05, 0.1) is 11.1 Å². The lowest BCUT2D eigenvalue weighted by Gasteiger charge is -2.27. The van der Waals surface area contributed by atoms with Gasteiger partial charge in [0.2, 0.25) is 0 Å². The topological polar surface area (TPSA) is 81.4 Å². The summed E-state index contributed by atoms with van der Waals surface area (Å²) >= 11 is 1.44. The summed E-state index contributed by atoms with van der Waals surface area (Å²) in [6.07, 6.45) is 7.05. The van der Waals surface area contributed by atoms with E-state index < -0.39 is 11.7 Å². The Morgan fingerprint density at radius 1 is 1.05 bits per heavy atom. The van der Waals surface area contributed by atoms with Crippen molar-refractivity contribution < 1.29 is 13.9 Å². The molecule has 0 saturated carbocycles. The van der Waals surface area contributed by atoms with Crippen LogP contribution >= 0.6 is 11.3 Å². The number of rotatable bonds is 7. The molecule has 5 rings (SSSR count). The number of aryl methyl sites for hydroxylation is 1. The molecular formula is C31H32N4O3S. The highest BCUT2D eigenvalue weighted by Gasteiger charge is 2.29. The third kappa shape index (κ3) is 6.34. The molecule has 1 amide bonds. The second kappa shape index (κ2) is 11.0. The first-order valence-electron chi connectivity index (χ1n) is 13.0. The number of fused-ring (bicyclic) bond motifs is 1. The van der Waals surface area contributed by atoms with Crippen molar-refractivity contribution in [1.29, 1.82) is 0 Å². The lowest BCUT2D eigenvalue weighted by molar-refractivity contribution is 0.0575. The molecule has 0 aliphatic carbocycles. The number of anilines is 1. The average Bonchev–Trinajstić information content (AvgIpc) is 3.58. The largest absolute Gasteiger partial charge is 0.443 e. The van der Waals surface area contributed by atoms with Crippen LogP contribution < -0.4 is 4.90 Å². The van der Waals surface area contributed by atoms with Crippen LogP contribution in [-0.4, -0.2) is 33.2 Å². The summed E-state index contributed by atoms with van der Waals surface area (Å²) in [6.45, 7) is 10.3. The van der Waals surface area contributed by atoms with E-state index in [1.165, 1.54) is 28.9 Å². The van der Waals surface area contributed by atoms with E-state index >= 15 is 0 Å². The van der Waals surface area contributed by atoms with E-state index in [4.69, 9.17) is 14.1 Å². The van der Waals surface area contributed by atoms with E-state index in [0.717, 1.165) is 27.6 Å². The van der Waals surface area contributed by atoms with Gasteiger partial charge in [-0.15, -0.1) is 0 Å². The first-order chi connectivity index (χ1) is 18.7. The van der Waals surface area contributed by atoms with Gasteiger partial charge in [0, 0.05) is 24.3 Å². The maximum Gasteiger partial charge on any atom is 0.416 e. The van der Waals surface area contributed by atoms with Gasteiger partial charge in [-0.3, -0.25) is 9.88 Å². The molecule has 3 heterocycles. The van der Waals surface area contributed by atoms with Crippen LogP contribution in [0.25, 0.3) is 32.7 Å². The van der Waals surface area contributed by atoms with Crippen molar-refractivity contribution in [3.05, 3.63) is 84.6 Å². The van der Waals surface area contributed by atoms with E-state index in [-0.39, 0.29) is 5.92 Å². The Hall–Kier alpha value is -4.04. The number of aromatic nitrogens is 3. The molecular weight excluding hydrogens is 508 g/mol. The van der Waals surface area contributed by atoms with Crippen LogP contribution in [-0.2, 0) is 11.2 Å². The number of hydrogen-bond acceptors (Lipinski definition) is 7. The molecule has 5 aromatic rings. The van der Waals surface area contributed by atoms with Crippen molar-refractivity contribution in [3.63, 3.8) is 0 Å². The number of ether oxygens (including phenoxy) is 1. The highest BCUT2D eigenvalue weighted by molar-refractivity contribution is 7.19. The standard InChI is InChI=1S/C31H32N4O3S/c1-20-6-8-22(9-7-20)14-21(2)18-35(30(36)38-31(3,4)5)29-34-27(26-17-33-19-37-26)28(39-29)24-10-11-25-16-32-13-12-23(25)15-24/h6-13,15-17,19,21H,14,18H2,1-5H3. The quantitative estimate of drug-likeness (QED) is 0.208. The first-order valence-corrected chi connectivity index (χ1v) is 13.8. The molecule has 0 aliphatic heterocycles. The van der Waals surface area contributed by atoms with Crippen molar-refractivity contribution in [2.45, 2.75) is 46.6 Å². The minimum absolute atomic E-state index is 0.162. The van der Waals surface area contributed by atoms with E-state index in [0.29, 0.717) is 23.1 Å². The van der Waals surface area contributed by atoms with Gasteiger partial charge in [0.15, 0.2) is 17.3 Å². The summed E-state index contributed by atoms with van der Waals surface area (Å²) in [5.74, 6) is 0.702. The Morgan fingerprint density at radius 2 is 1.85 bits per heavy atom. The summed E-state index contributed by atoms with van der Waals surface area (Å²) in [7, 11) is 0. The molecule has 7 nitrogen and oxygen atoms in total. The fourth-order valence-electron chi connectivity index (χ4n) is 4.39. The molecule has 0 bridgehead atoms. The number of benzene rings is 2. The van der Waals surface area contributed by atoms with E-state index in [1.807, 2.05) is 45.2 Å². The predicted molar refractivity (Wildman–Crippen MR) is 156 cm³/mol. The molecule has 200 valence electrons. The number of carbonyl (C=O) groups excluding carboxylic acids is 1. The summed E-state index contributed by atoms with van der Waals surface area (Å²) < 4.78 is 11.5. The number of thiazole rings is 1. The number of nitrogens with zero attached hydrogens (tertiary/aromatic N) is 4. The van der Waals surface area contributed by atoms with Crippen LogP contribution in [0.3, 0.4) is 0 Å². The van der Waals surface area contributed by atoms with E-state index in [9.17, 15) is 4.79 Å². The average molecular weight is 541 g/mol. The monoisotopic (exact) mass is 540 g/mol. The minimum atomic E-state index is -0.643. The van der Waals surface area contributed by atoms with Gasteiger partial charge >= 0.3 is 6.09 Å². The molecule has 0 spiro atoms. The molecule has 0 saturated heterocycles. The van der Waals surface area contributed by atoms with Crippen LogP contribution in [0.1, 0.15) is 38.8 Å². The molecule has 2 aromatic carbocycles. The first kappa shape index (κ1) is 26.6. The Balaban J connectivity index is 1.54. The number of oxazole rings is 1. The molecule has 3 aromatic heterocycles. The van der Waals surface area contributed by atoms with Gasteiger partial charge in [-0.2, -0.15) is 0 Å². The highest BCUT2D eigenvalue weighted by Crippen LogP contribution is 2.41. The van der Waals surface area contributed by atoms with Crippen molar-refractivity contribution in [2.75, 3.05) is 11.4 Å². The zero-order chi connectivity index (χ0) is 27.6. The van der Waals surface area contributed by atoms with E-state index in [1.54, 1.807) is 17.3 Å². The predicted octanol–water partition coefficient (Wildman–Crippen LogP) is 7.94. The van der Waals surface area contributed by atoms with Crippen molar-refractivity contribution >= 4 is 33.3 Å². The number of amides is 1. The maximum atomic E-state index is 13.5. The molecule has 0 aliphatic rings. The fraction of sp³-hybridized carbons (Fsp3) is 0.290. The normalized spacial score (nSPS) is 12.4. The van der Waals surface area contributed by atoms with Gasteiger partial charge < -0.3 is 9.15 Å². The van der Waals surface area contributed by atoms with Gasteiger partial charge in [-0.25, -0.2) is 14.8 Å². The third-order valence-electron chi connectivity index (χ3n) is 6.23. The minimum Gasteiger partial charge on any atom is -0.443 e. The molecule has 1 atom stereocenters. The zero-order valence-corrected chi connectivity index (χ0v) is 23.7. The van der Waals surface area contributed by atoms with Crippen LogP contribution in [0.4, 0.5) is 9.93 Å². The molecule has 1 unspecified atom stereocenters. The van der Waals surface area contributed by atoms with Gasteiger partial charge in [-0.05, 0) is 68.7 Å². The third-order valence-corrected chi connectivity index (χ3v) is 7.36. The molecule has 8 heteroatoms. The Labute approximate surface area is 232 Å². The van der Waals surface area contributed by atoms with Crippen molar-refractivity contribution in [2.24, 2.45) is 5.92 Å².